The van der Waals surface area contributed by atoms with Gasteiger partial charge < -0.3 is 19.4 Å². The Morgan fingerprint density at radius 1 is 0.727 bits per heavy atom. The van der Waals surface area contributed by atoms with E-state index in [1.807, 2.05) is 24.3 Å². The molecule has 0 saturated carbocycles. The number of piperazine rings is 1. The molecule has 0 radical (unpaired) electrons. The Balaban J connectivity index is 1.20. The summed E-state index contributed by atoms with van der Waals surface area (Å²) in [6, 6.07) is 14.3. The molecule has 2 saturated heterocycles. The van der Waals surface area contributed by atoms with E-state index in [1.165, 1.54) is 32.4 Å². The molecule has 7 heteroatoms. The molecule has 2 aliphatic heterocycles. The van der Waals surface area contributed by atoms with E-state index in [4.69, 9.17) is 16.3 Å². The first-order valence-corrected chi connectivity index (χ1v) is 12.3. The van der Waals surface area contributed by atoms with E-state index in [2.05, 4.69) is 4.90 Å². The third kappa shape index (κ3) is 6.49. The molecule has 0 unspecified atom stereocenters. The second-order valence-electron chi connectivity index (χ2n) is 8.72. The minimum absolute atomic E-state index is 0.00904. The van der Waals surface area contributed by atoms with Gasteiger partial charge in [-0.1, -0.05) is 18.0 Å². The summed E-state index contributed by atoms with van der Waals surface area (Å²) in [5.74, 6) is 0.759. The Hall–Kier alpha value is -2.57. The molecule has 176 valence electrons. The molecule has 0 atom stereocenters. The number of likely N-dealkylation sites (tertiary alicyclic amines) is 1. The highest BCUT2D eigenvalue weighted by molar-refractivity contribution is 6.30. The van der Waals surface area contributed by atoms with Crippen LogP contribution in [0.5, 0.6) is 5.75 Å². The number of piperidine rings is 1. The highest BCUT2D eigenvalue weighted by Crippen LogP contribution is 2.17. The average Bonchev–Trinajstić information content (AvgIpc) is 2.87. The topological polar surface area (TPSA) is 53.1 Å². The van der Waals surface area contributed by atoms with Crippen LogP contribution in [0.3, 0.4) is 0 Å². The van der Waals surface area contributed by atoms with Crippen LogP contribution in [0, 0.1) is 0 Å². The first-order valence-electron chi connectivity index (χ1n) is 11.9. The standard InChI is InChI=1S/C26H32ClN3O3/c27-23-9-5-21(6-10-23)25(31)29-16-18-30(19-17-29)26(32)22-7-11-24(12-8-22)33-20-4-15-28-13-2-1-3-14-28/h5-12H,1-4,13-20H2. The van der Waals surface area contributed by atoms with Crippen molar-refractivity contribution in [3.63, 3.8) is 0 Å². The Morgan fingerprint density at radius 3 is 1.79 bits per heavy atom. The zero-order valence-electron chi connectivity index (χ0n) is 19.0. The number of nitrogens with zero attached hydrogens (tertiary/aromatic N) is 3. The fraction of sp³-hybridized carbons (Fsp3) is 0.462. The van der Waals surface area contributed by atoms with E-state index >= 15 is 0 Å². The lowest BCUT2D eigenvalue weighted by molar-refractivity contribution is 0.0535. The molecule has 33 heavy (non-hydrogen) atoms. The van der Waals surface area contributed by atoms with Crippen molar-refractivity contribution in [2.45, 2.75) is 25.7 Å². The van der Waals surface area contributed by atoms with Crippen molar-refractivity contribution >= 4 is 23.4 Å². The lowest BCUT2D eigenvalue weighted by Gasteiger charge is -2.35. The SMILES string of the molecule is O=C(c1ccc(Cl)cc1)N1CCN(C(=O)c2ccc(OCCCN3CCCCC3)cc2)CC1. The monoisotopic (exact) mass is 469 g/mol. The van der Waals surface area contributed by atoms with Gasteiger partial charge in [0.15, 0.2) is 0 Å². The maximum atomic E-state index is 12.9. The lowest BCUT2D eigenvalue weighted by Crippen LogP contribution is -2.50. The molecule has 2 heterocycles. The van der Waals surface area contributed by atoms with Crippen molar-refractivity contribution in [1.29, 1.82) is 0 Å². The fourth-order valence-electron chi connectivity index (χ4n) is 4.43. The van der Waals surface area contributed by atoms with Crippen molar-refractivity contribution < 1.29 is 14.3 Å². The molecule has 0 aliphatic carbocycles. The summed E-state index contributed by atoms with van der Waals surface area (Å²) >= 11 is 5.91. The molecule has 2 aliphatic rings. The van der Waals surface area contributed by atoms with Gasteiger partial charge in [0.05, 0.1) is 6.61 Å². The molecule has 4 rings (SSSR count). The Morgan fingerprint density at radius 2 is 1.24 bits per heavy atom. The average molecular weight is 470 g/mol. The van der Waals surface area contributed by atoms with Gasteiger partial charge in [-0.05, 0) is 80.9 Å². The van der Waals surface area contributed by atoms with E-state index in [0.717, 1.165) is 18.7 Å². The predicted octanol–water partition coefficient (Wildman–Crippen LogP) is 4.19. The molecule has 0 bridgehead atoms. The van der Waals surface area contributed by atoms with Gasteiger partial charge in [-0.2, -0.15) is 0 Å². The summed E-state index contributed by atoms with van der Waals surface area (Å²) in [5.41, 5.74) is 1.26. The largest absolute Gasteiger partial charge is 0.494 e. The molecular formula is C26H32ClN3O3. The molecule has 0 N–H and O–H groups in total. The van der Waals surface area contributed by atoms with Crippen LogP contribution in [0.2, 0.25) is 5.02 Å². The molecule has 2 aromatic rings. The number of carbonyl (C=O) groups is 2. The quantitative estimate of drug-likeness (QED) is 0.570. The summed E-state index contributed by atoms with van der Waals surface area (Å²) in [5, 5.41) is 0.607. The third-order valence-electron chi connectivity index (χ3n) is 6.38. The summed E-state index contributed by atoms with van der Waals surface area (Å²) in [7, 11) is 0. The number of hydrogen-bond acceptors (Lipinski definition) is 4. The normalized spacial score (nSPS) is 17.1. The van der Waals surface area contributed by atoms with Crippen LogP contribution in [0.4, 0.5) is 0 Å². The third-order valence-corrected chi connectivity index (χ3v) is 6.63. The summed E-state index contributed by atoms with van der Waals surface area (Å²) in [4.78, 5) is 31.7. The van der Waals surface area contributed by atoms with Crippen LogP contribution in [0.15, 0.2) is 48.5 Å². The highest BCUT2D eigenvalue weighted by atomic mass is 35.5. The number of rotatable bonds is 7. The summed E-state index contributed by atoms with van der Waals surface area (Å²) in [6.07, 6.45) is 4.99. The minimum Gasteiger partial charge on any atom is -0.494 e. The Kier molecular flexibility index (Phi) is 8.24. The van der Waals surface area contributed by atoms with Crippen molar-refractivity contribution in [2.75, 3.05) is 52.4 Å². The van der Waals surface area contributed by atoms with Crippen molar-refractivity contribution in [1.82, 2.24) is 14.7 Å². The van der Waals surface area contributed by atoms with E-state index in [-0.39, 0.29) is 11.8 Å². The number of hydrogen-bond donors (Lipinski definition) is 0. The smallest absolute Gasteiger partial charge is 0.253 e. The van der Waals surface area contributed by atoms with E-state index in [1.54, 1.807) is 34.1 Å². The second-order valence-corrected chi connectivity index (χ2v) is 9.16. The van der Waals surface area contributed by atoms with E-state index in [0.29, 0.717) is 48.9 Å². The van der Waals surface area contributed by atoms with Gasteiger partial charge in [-0.15, -0.1) is 0 Å². The lowest BCUT2D eigenvalue weighted by atomic mass is 10.1. The molecule has 0 aromatic heterocycles. The molecule has 2 fully saturated rings. The van der Waals surface area contributed by atoms with Gasteiger partial charge >= 0.3 is 0 Å². The fourth-order valence-corrected chi connectivity index (χ4v) is 4.55. The zero-order chi connectivity index (χ0) is 23.0. The first kappa shape index (κ1) is 23.6. The van der Waals surface area contributed by atoms with Crippen LogP contribution in [0.1, 0.15) is 46.4 Å². The van der Waals surface area contributed by atoms with Gasteiger partial charge in [0.25, 0.3) is 11.8 Å². The van der Waals surface area contributed by atoms with Gasteiger partial charge in [0.2, 0.25) is 0 Å². The maximum Gasteiger partial charge on any atom is 0.253 e. The van der Waals surface area contributed by atoms with Gasteiger partial charge in [-0.3, -0.25) is 9.59 Å². The van der Waals surface area contributed by atoms with Crippen LogP contribution in [-0.2, 0) is 0 Å². The molecular weight excluding hydrogens is 438 g/mol. The Labute approximate surface area is 201 Å². The van der Waals surface area contributed by atoms with E-state index in [9.17, 15) is 9.59 Å². The van der Waals surface area contributed by atoms with Crippen molar-refractivity contribution in [3.05, 3.63) is 64.7 Å². The van der Waals surface area contributed by atoms with Gasteiger partial charge in [0, 0.05) is 48.9 Å². The summed E-state index contributed by atoms with van der Waals surface area (Å²) < 4.78 is 5.86. The van der Waals surface area contributed by atoms with Crippen LogP contribution >= 0.6 is 11.6 Å². The number of carbonyl (C=O) groups excluding carboxylic acids is 2. The molecule has 2 aromatic carbocycles. The van der Waals surface area contributed by atoms with Gasteiger partial charge in [-0.25, -0.2) is 0 Å². The number of amides is 2. The summed E-state index contributed by atoms with van der Waals surface area (Å²) in [6.45, 7) is 6.27. The van der Waals surface area contributed by atoms with Crippen LogP contribution in [0.25, 0.3) is 0 Å². The first-order chi connectivity index (χ1) is 16.1. The minimum atomic E-state index is -0.0273. The predicted molar refractivity (Wildman–Crippen MR) is 130 cm³/mol. The van der Waals surface area contributed by atoms with E-state index < -0.39 is 0 Å². The van der Waals surface area contributed by atoms with Gasteiger partial charge in [0.1, 0.15) is 5.75 Å². The maximum absolute atomic E-state index is 12.9. The second kappa shape index (κ2) is 11.5. The molecule has 0 spiro atoms. The number of ether oxygens (including phenoxy) is 1. The highest BCUT2D eigenvalue weighted by Gasteiger charge is 2.25. The number of halogens is 1. The number of benzene rings is 2. The molecule has 2 amide bonds. The van der Waals surface area contributed by atoms with Crippen LogP contribution in [-0.4, -0.2) is 78.9 Å². The molecule has 6 nitrogen and oxygen atoms in total. The Bertz CT molecular complexity index is 919. The van der Waals surface area contributed by atoms with Crippen molar-refractivity contribution in [3.8, 4) is 5.75 Å². The zero-order valence-corrected chi connectivity index (χ0v) is 19.8. The van der Waals surface area contributed by atoms with Crippen molar-refractivity contribution in [2.24, 2.45) is 0 Å². The van der Waals surface area contributed by atoms with Crippen LogP contribution < -0.4 is 4.74 Å².